The van der Waals surface area contributed by atoms with Crippen LogP contribution in [0.5, 0.6) is 5.75 Å². The fourth-order valence-corrected chi connectivity index (χ4v) is 3.48. The first-order valence-electron chi connectivity index (χ1n) is 8.26. The molecule has 0 amide bonds. The second-order valence-electron chi connectivity index (χ2n) is 5.98. The number of hydrogen-bond acceptors (Lipinski definition) is 2. The third kappa shape index (κ3) is 3.76. The van der Waals surface area contributed by atoms with Gasteiger partial charge in [0.15, 0.2) is 0 Å². The first-order valence-corrected chi connectivity index (χ1v) is 9.43. The number of nitrogens with zero attached hydrogens (tertiary/aromatic N) is 2. The van der Waals surface area contributed by atoms with E-state index in [0.717, 1.165) is 33.6 Å². The molecule has 0 spiro atoms. The predicted molar refractivity (Wildman–Crippen MR) is 109 cm³/mol. The lowest BCUT2D eigenvalue weighted by Crippen LogP contribution is -2.08. The van der Waals surface area contributed by atoms with Crippen molar-refractivity contribution in [1.82, 2.24) is 9.55 Å². The van der Waals surface area contributed by atoms with Gasteiger partial charge in [-0.25, -0.2) is 4.98 Å². The Morgan fingerprint density at radius 1 is 0.962 bits per heavy atom. The quantitative estimate of drug-likeness (QED) is 0.386. The zero-order chi connectivity index (χ0) is 17.9. The highest BCUT2D eigenvalue weighted by Gasteiger charge is 2.12. The lowest BCUT2D eigenvalue weighted by molar-refractivity contribution is 0.291. The summed E-state index contributed by atoms with van der Waals surface area (Å²) in [6.07, 6.45) is 0. The molecule has 0 fully saturated rings. The molecular weight excluding hydrogens is 412 g/mol. The summed E-state index contributed by atoms with van der Waals surface area (Å²) >= 11 is 9.48. The van der Waals surface area contributed by atoms with Crippen LogP contribution in [0.2, 0.25) is 5.02 Å². The Morgan fingerprint density at radius 3 is 2.58 bits per heavy atom. The molecule has 5 heteroatoms. The number of halogens is 2. The summed E-state index contributed by atoms with van der Waals surface area (Å²) in [5, 5.41) is 0.694. The van der Waals surface area contributed by atoms with Crippen molar-refractivity contribution in [2.75, 3.05) is 0 Å². The topological polar surface area (TPSA) is 27.1 Å². The molecule has 4 rings (SSSR count). The zero-order valence-electron chi connectivity index (χ0n) is 13.9. The van der Waals surface area contributed by atoms with Gasteiger partial charge in [-0.2, -0.15) is 0 Å². The van der Waals surface area contributed by atoms with Crippen LogP contribution in [-0.2, 0) is 13.2 Å². The van der Waals surface area contributed by atoms with Crippen LogP contribution in [0, 0.1) is 0 Å². The molecular formula is C21H16BrClN2O. The molecule has 4 aromatic rings. The van der Waals surface area contributed by atoms with Crippen molar-refractivity contribution in [2.24, 2.45) is 0 Å². The summed E-state index contributed by atoms with van der Waals surface area (Å²) in [6.45, 7) is 1.13. The molecule has 0 saturated heterocycles. The second kappa shape index (κ2) is 7.52. The highest BCUT2D eigenvalue weighted by molar-refractivity contribution is 9.10. The normalized spacial score (nSPS) is 11.0. The molecule has 0 saturated carbocycles. The number of ether oxygens (including phenoxy) is 1. The first-order chi connectivity index (χ1) is 12.7. The second-order valence-corrected chi connectivity index (χ2v) is 7.33. The third-order valence-corrected chi connectivity index (χ3v) is 4.89. The molecule has 130 valence electrons. The number of para-hydroxylation sites is 2. The molecule has 0 aliphatic rings. The number of benzene rings is 3. The van der Waals surface area contributed by atoms with E-state index < -0.39 is 0 Å². The molecule has 1 heterocycles. The van der Waals surface area contributed by atoms with Gasteiger partial charge in [0.1, 0.15) is 18.2 Å². The van der Waals surface area contributed by atoms with E-state index in [4.69, 9.17) is 21.3 Å². The lowest BCUT2D eigenvalue weighted by Gasteiger charge is -2.11. The predicted octanol–water partition coefficient (Wildman–Crippen LogP) is 6.08. The Bertz CT molecular complexity index is 1040. The Hall–Kier alpha value is -2.30. The van der Waals surface area contributed by atoms with Crippen molar-refractivity contribution in [3.63, 3.8) is 0 Å². The van der Waals surface area contributed by atoms with E-state index in [1.54, 1.807) is 0 Å². The average Bonchev–Trinajstić information content (AvgIpc) is 2.99. The number of hydrogen-bond donors (Lipinski definition) is 0. The summed E-state index contributed by atoms with van der Waals surface area (Å²) < 4.78 is 9.20. The Labute approximate surface area is 165 Å². The van der Waals surface area contributed by atoms with Crippen LogP contribution >= 0.6 is 27.5 Å². The van der Waals surface area contributed by atoms with Gasteiger partial charge in [-0.3, -0.25) is 0 Å². The fraction of sp³-hybridized carbons (Fsp3) is 0.0952. The van der Waals surface area contributed by atoms with Crippen molar-refractivity contribution >= 4 is 38.6 Å². The van der Waals surface area contributed by atoms with Crippen LogP contribution in [0.3, 0.4) is 0 Å². The van der Waals surface area contributed by atoms with E-state index in [2.05, 4.69) is 38.7 Å². The third-order valence-electron chi connectivity index (χ3n) is 4.14. The summed E-state index contributed by atoms with van der Waals surface area (Å²) in [5.74, 6) is 1.66. The summed E-state index contributed by atoms with van der Waals surface area (Å²) in [5.41, 5.74) is 3.27. The minimum atomic E-state index is 0.393. The molecule has 0 aliphatic carbocycles. The fourth-order valence-electron chi connectivity index (χ4n) is 2.91. The van der Waals surface area contributed by atoms with E-state index in [1.165, 1.54) is 5.56 Å². The number of rotatable bonds is 5. The van der Waals surface area contributed by atoms with Gasteiger partial charge in [0.25, 0.3) is 0 Å². The summed E-state index contributed by atoms with van der Waals surface area (Å²) in [6, 6.07) is 23.8. The average molecular weight is 428 g/mol. The Morgan fingerprint density at radius 2 is 1.77 bits per heavy atom. The minimum absolute atomic E-state index is 0.393. The molecule has 0 bridgehead atoms. The van der Waals surface area contributed by atoms with Crippen molar-refractivity contribution in [3.05, 3.63) is 93.7 Å². The number of aromatic nitrogens is 2. The van der Waals surface area contributed by atoms with Gasteiger partial charge in [0.05, 0.1) is 11.0 Å². The van der Waals surface area contributed by atoms with E-state index in [9.17, 15) is 0 Å². The molecule has 0 atom stereocenters. The zero-order valence-corrected chi connectivity index (χ0v) is 16.2. The maximum Gasteiger partial charge on any atom is 0.148 e. The highest BCUT2D eigenvalue weighted by atomic mass is 79.9. The Kier molecular flexibility index (Phi) is 4.96. The van der Waals surface area contributed by atoms with Gasteiger partial charge < -0.3 is 9.30 Å². The molecule has 3 nitrogen and oxygen atoms in total. The summed E-state index contributed by atoms with van der Waals surface area (Å²) in [7, 11) is 0. The van der Waals surface area contributed by atoms with Crippen LogP contribution in [0.1, 0.15) is 11.4 Å². The maximum absolute atomic E-state index is 5.93. The van der Waals surface area contributed by atoms with Crippen molar-refractivity contribution in [2.45, 2.75) is 13.2 Å². The molecule has 26 heavy (non-hydrogen) atoms. The van der Waals surface area contributed by atoms with Gasteiger partial charge in [0, 0.05) is 16.0 Å². The smallest absolute Gasteiger partial charge is 0.148 e. The van der Waals surface area contributed by atoms with Crippen LogP contribution < -0.4 is 4.74 Å². The molecule has 1 aromatic heterocycles. The molecule has 0 unspecified atom stereocenters. The molecule has 3 aromatic carbocycles. The SMILES string of the molecule is Clc1ccc(OCc2nc3ccccc3n2Cc2cccc(Br)c2)cc1. The highest BCUT2D eigenvalue weighted by Crippen LogP contribution is 2.22. The number of imidazole rings is 1. The maximum atomic E-state index is 5.93. The van der Waals surface area contributed by atoms with Crippen molar-refractivity contribution in [1.29, 1.82) is 0 Å². The van der Waals surface area contributed by atoms with Crippen molar-refractivity contribution < 1.29 is 4.74 Å². The minimum Gasteiger partial charge on any atom is -0.486 e. The van der Waals surface area contributed by atoms with Crippen LogP contribution in [0.25, 0.3) is 11.0 Å². The Balaban J connectivity index is 1.65. The lowest BCUT2D eigenvalue weighted by atomic mass is 10.2. The van der Waals surface area contributed by atoms with E-state index in [1.807, 2.05) is 54.6 Å². The number of fused-ring (bicyclic) bond motifs is 1. The van der Waals surface area contributed by atoms with Crippen LogP contribution in [-0.4, -0.2) is 9.55 Å². The largest absolute Gasteiger partial charge is 0.486 e. The van der Waals surface area contributed by atoms with Gasteiger partial charge in [-0.1, -0.05) is 51.8 Å². The van der Waals surface area contributed by atoms with E-state index in [-0.39, 0.29) is 0 Å². The molecule has 0 radical (unpaired) electrons. The summed E-state index contributed by atoms with van der Waals surface area (Å²) in [4.78, 5) is 4.76. The van der Waals surface area contributed by atoms with Crippen LogP contribution in [0.15, 0.2) is 77.3 Å². The monoisotopic (exact) mass is 426 g/mol. The standard InChI is InChI=1S/C21H16BrClN2O/c22-16-5-3-4-15(12-16)13-25-20-7-2-1-6-19(20)24-21(25)14-26-18-10-8-17(23)9-11-18/h1-12H,13-14H2. The van der Waals surface area contributed by atoms with Gasteiger partial charge >= 0.3 is 0 Å². The van der Waals surface area contributed by atoms with Gasteiger partial charge in [0.2, 0.25) is 0 Å². The van der Waals surface area contributed by atoms with Gasteiger partial charge in [-0.15, -0.1) is 0 Å². The molecule has 0 N–H and O–H groups in total. The van der Waals surface area contributed by atoms with Crippen LogP contribution in [0.4, 0.5) is 0 Å². The molecule has 0 aliphatic heterocycles. The van der Waals surface area contributed by atoms with Crippen molar-refractivity contribution in [3.8, 4) is 5.75 Å². The van der Waals surface area contributed by atoms with E-state index >= 15 is 0 Å². The van der Waals surface area contributed by atoms with E-state index in [0.29, 0.717) is 11.6 Å². The first kappa shape index (κ1) is 17.1. The van der Waals surface area contributed by atoms with Gasteiger partial charge in [-0.05, 0) is 54.1 Å².